The van der Waals surface area contributed by atoms with Crippen molar-refractivity contribution in [3.63, 3.8) is 0 Å². The molecule has 34 heavy (non-hydrogen) atoms. The highest BCUT2D eigenvalue weighted by molar-refractivity contribution is 5.93. The molecule has 0 aliphatic rings. The molecule has 3 aromatic heterocycles. The summed E-state index contributed by atoms with van der Waals surface area (Å²) in [7, 11) is 0. The molecule has 0 spiro atoms. The van der Waals surface area contributed by atoms with Crippen molar-refractivity contribution in [1.82, 2.24) is 23.8 Å². The van der Waals surface area contributed by atoms with E-state index in [4.69, 9.17) is 4.74 Å². The highest BCUT2D eigenvalue weighted by Crippen LogP contribution is 2.21. The summed E-state index contributed by atoms with van der Waals surface area (Å²) in [6, 6.07) is 17.9. The molecule has 0 radical (unpaired) electrons. The van der Waals surface area contributed by atoms with Crippen LogP contribution in [-0.2, 0) is 16.1 Å². The quantitative estimate of drug-likeness (QED) is 0.393. The molecule has 2 aromatic carbocycles. The lowest BCUT2D eigenvalue weighted by Gasteiger charge is -2.06. The molecular formula is C24H20N6O4. The summed E-state index contributed by atoms with van der Waals surface area (Å²) in [6.45, 7) is 1.74. The molecule has 0 bridgehead atoms. The average molecular weight is 456 g/mol. The van der Waals surface area contributed by atoms with Gasteiger partial charge in [-0.05, 0) is 37.3 Å². The van der Waals surface area contributed by atoms with E-state index in [1.54, 1.807) is 48.1 Å². The average Bonchev–Trinajstić information content (AvgIpc) is 3.42. The molecule has 10 nitrogen and oxygen atoms in total. The van der Waals surface area contributed by atoms with E-state index in [9.17, 15) is 14.4 Å². The molecule has 1 N–H and O–H groups in total. The van der Waals surface area contributed by atoms with Gasteiger partial charge in [-0.25, -0.2) is 23.2 Å². The number of hydrogen-bond acceptors (Lipinski definition) is 6. The largest absolute Gasteiger partial charge is 0.462 e. The number of ether oxygens (including phenoxy) is 1. The SMILES string of the molecule is CCOC(=O)c1ccc(NC(=O)Cn2nc3c4cc(-c5ccccc5)nn4ccn3c2=O)cc1. The van der Waals surface area contributed by atoms with Crippen LogP contribution in [0.25, 0.3) is 22.4 Å². The molecule has 0 unspecified atom stereocenters. The molecule has 10 heteroatoms. The van der Waals surface area contributed by atoms with Crippen molar-refractivity contribution in [2.45, 2.75) is 13.5 Å². The molecule has 5 aromatic rings. The van der Waals surface area contributed by atoms with E-state index in [1.807, 2.05) is 36.4 Å². The van der Waals surface area contributed by atoms with Crippen LogP contribution >= 0.6 is 0 Å². The Morgan fingerprint density at radius 3 is 2.50 bits per heavy atom. The van der Waals surface area contributed by atoms with Gasteiger partial charge in [0.25, 0.3) is 0 Å². The fraction of sp³-hybridized carbons (Fsp3) is 0.125. The topological polar surface area (TPSA) is 112 Å². The van der Waals surface area contributed by atoms with Crippen molar-refractivity contribution in [3.05, 3.63) is 89.1 Å². The Kier molecular flexibility index (Phi) is 5.38. The number of carbonyl (C=O) groups is 2. The van der Waals surface area contributed by atoms with E-state index in [-0.39, 0.29) is 13.2 Å². The van der Waals surface area contributed by atoms with Crippen molar-refractivity contribution >= 4 is 28.7 Å². The van der Waals surface area contributed by atoms with Gasteiger partial charge in [-0.3, -0.25) is 4.79 Å². The molecule has 0 aliphatic heterocycles. The molecular weight excluding hydrogens is 436 g/mol. The Balaban J connectivity index is 1.38. The standard InChI is InChI=1S/C24H20N6O4/c1-2-34-23(32)17-8-10-18(11-9-17)25-21(31)15-30-24(33)28-12-13-29-20(22(28)27-30)14-19(26-29)16-6-4-3-5-7-16/h3-14H,2,15H2,1H3,(H,25,31). The van der Waals surface area contributed by atoms with Gasteiger partial charge in [0.15, 0.2) is 5.65 Å². The number of rotatable bonds is 6. The van der Waals surface area contributed by atoms with Gasteiger partial charge in [0.2, 0.25) is 5.91 Å². The minimum Gasteiger partial charge on any atom is -0.462 e. The van der Waals surface area contributed by atoms with Gasteiger partial charge in [-0.15, -0.1) is 5.10 Å². The van der Waals surface area contributed by atoms with E-state index < -0.39 is 17.6 Å². The summed E-state index contributed by atoms with van der Waals surface area (Å²) in [5.74, 6) is -0.859. The summed E-state index contributed by atoms with van der Waals surface area (Å²) < 4.78 is 9.08. The van der Waals surface area contributed by atoms with Gasteiger partial charge in [-0.1, -0.05) is 30.3 Å². The number of hydrogen-bond donors (Lipinski definition) is 1. The molecule has 0 fully saturated rings. The number of aromatic nitrogens is 5. The zero-order chi connectivity index (χ0) is 23.7. The van der Waals surface area contributed by atoms with Gasteiger partial charge >= 0.3 is 11.7 Å². The van der Waals surface area contributed by atoms with Crippen LogP contribution in [0.5, 0.6) is 0 Å². The fourth-order valence-electron chi connectivity index (χ4n) is 3.63. The Morgan fingerprint density at radius 2 is 1.76 bits per heavy atom. The third-order valence-electron chi connectivity index (χ3n) is 5.23. The Labute approximate surface area is 193 Å². The van der Waals surface area contributed by atoms with Crippen LogP contribution < -0.4 is 11.0 Å². The van der Waals surface area contributed by atoms with Crippen molar-refractivity contribution in [1.29, 1.82) is 0 Å². The second-order valence-corrected chi connectivity index (χ2v) is 7.50. The molecule has 170 valence electrons. The summed E-state index contributed by atoms with van der Waals surface area (Å²) in [5.41, 5.74) is 3.17. The smallest absolute Gasteiger partial charge is 0.350 e. The number of nitrogens with one attached hydrogen (secondary N) is 1. The van der Waals surface area contributed by atoms with Crippen LogP contribution in [0.15, 0.2) is 77.9 Å². The molecule has 1 amide bonds. The molecule has 0 saturated heterocycles. The van der Waals surface area contributed by atoms with Crippen molar-refractivity contribution < 1.29 is 14.3 Å². The summed E-state index contributed by atoms with van der Waals surface area (Å²) in [6.07, 6.45) is 3.25. The number of benzene rings is 2. The van der Waals surface area contributed by atoms with E-state index in [0.29, 0.717) is 22.4 Å². The van der Waals surface area contributed by atoms with Crippen molar-refractivity contribution in [3.8, 4) is 11.3 Å². The van der Waals surface area contributed by atoms with E-state index >= 15 is 0 Å². The maximum absolute atomic E-state index is 12.8. The maximum Gasteiger partial charge on any atom is 0.350 e. The molecule has 0 aliphatic carbocycles. The number of anilines is 1. The van der Waals surface area contributed by atoms with Crippen molar-refractivity contribution in [2.75, 3.05) is 11.9 Å². The van der Waals surface area contributed by atoms with Crippen LogP contribution in [-0.4, -0.2) is 42.3 Å². The first-order valence-corrected chi connectivity index (χ1v) is 10.6. The number of fused-ring (bicyclic) bond motifs is 3. The van der Waals surface area contributed by atoms with E-state index in [2.05, 4.69) is 15.5 Å². The Morgan fingerprint density at radius 1 is 1.00 bits per heavy atom. The predicted molar refractivity (Wildman–Crippen MR) is 125 cm³/mol. The van der Waals surface area contributed by atoms with Gasteiger partial charge in [-0.2, -0.15) is 5.10 Å². The normalized spacial score (nSPS) is 11.1. The van der Waals surface area contributed by atoms with Crippen LogP contribution in [0, 0.1) is 0 Å². The van der Waals surface area contributed by atoms with Crippen LogP contribution in [0.3, 0.4) is 0 Å². The number of nitrogens with zero attached hydrogens (tertiary/aromatic N) is 5. The van der Waals surface area contributed by atoms with E-state index in [1.165, 1.54) is 4.40 Å². The van der Waals surface area contributed by atoms with Crippen LogP contribution in [0.4, 0.5) is 5.69 Å². The predicted octanol–water partition coefficient (Wildman–Crippen LogP) is 2.63. The molecule has 5 rings (SSSR count). The summed E-state index contributed by atoms with van der Waals surface area (Å²) >= 11 is 0. The minimum atomic E-state index is -0.437. The first-order chi connectivity index (χ1) is 16.5. The van der Waals surface area contributed by atoms with Crippen LogP contribution in [0.2, 0.25) is 0 Å². The zero-order valence-electron chi connectivity index (χ0n) is 18.2. The summed E-state index contributed by atoms with van der Waals surface area (Å²) in [4.78, 5) is 37.1. The second kappa shape index (κ2) is 8.66. The highest BCUT2D eigenvalue weighted by Gasteiger charge is 2.15. The number of carbonyl (C=O) groups excluding carboxylic acids is 2. The maximum atomic E-state index is 12.8. The summed E-state index contributed by atoms with van der Waals surface area (Å²) in [5, 5.41) is 11.6. The lowest BCUT2D eigenvalue weighted by Crippen LogP contribution is -2.28. The Hall–Kier alpha value is -4.73. The first kappa shape index (κ1) is 21.1. The van der Waals surface area contributed by atoms with Crippen molar-refractivity contribution in [2.24, 2.45) is 0 Å². The second-order valence-electron chi connectivity index (χ2n) is 7.50. The Bertz CT molecular complexity index is 1560. The zero-order valence-corrected chi connectivity index (χ0v) is 18.2. The number of amides is 1. The van der Waals surface area contributed by atoms with Gasteiger partial charge in [0.05, 0.1) is 17.9 Å². The van der Waals surface area contributed by atoms with Gasteiger partial charge < -0.3 is 10.1 Å². The first-order valence-electron chi connectivity index (χ1n) is 10.6. The van der Waals surface area contributed by atoms with E-state index in [0.717, 1.165) is 15.9 Å². The third kappa shape index (κ3) is 3.92. The minimum absolute atomic E-state index is 0.272. The van der Waals surface area contributed by atoms with Gasteiger partial charge in [0.1, 0.15) is 12.1 Å². The highest BCUT2D eigenvalue weighted by atomic mass is 16.5. The molecule has 0 atom stereocenters. The monoisotopic (exact) mass is 456 g/mol. The lowest BCUT2D eigenvalue weighted by atomic mass is 10.1. The lowest BCUT2D eigenvalue weighted by molar-refractivity contribution is -0.117. The fourth-order valence-corrected chi connectivity index (χ4v) is 3.63. The third-order valence-corrected chi connectivity index (χ3v) is 5.23. The molecule has 3 heterocycles. The number of esters is 1. The molecule has 0 saturated carbocycles. The van der Waals surface area contributed by atoms with Gasteiger partial charge in [0, 0.05) is 23.6 Å². The van der Waals surface area contributed by atoms with Crippen LogP contribution in [0.1, 0.15) is 17.3 Å².